The van der Waals surface area contributed by atoms with Crippen molar-refractivity contribution in [2.45, 2.75) is 13.8 Å². The van der Waals surface area contributed by atoms with Crippen LogP contribution in [0.2, 0.25) is 0 Å². The number of ketones is 1. The Morgan fingerprint density at radius 1 is 0.829 bits per heavy atom. The van der Waals surface area contributed by atoms with E-state index in [1.54, 1.807) is 30.7 Å². The molecule has 176 valence electrons. The highest BCUT2D eigenvalue weighted by molar-refractivity contribution is 6.43. The minimum atomic E-state index is -0.971. The van der Waals surface area contributed by atoms with Gasteiger partial charge in [-0.3, -0.25) is 25.2 Å². The zero-order valence-electron chi connectivity index (χ0n) is 19.3. The fraction of sp³-hybridized carbons (Fsp3) is 0.111. The van der Waals surface area contributed by atoms with Gasteiger partial charge in [-0.2, -0.15) is 5.10 Å². The fourth-order valence-corrected chi connectivity index (χ4v) is 3.72. The van der Waals surface area contributed by atoms with Gasteiger partial charge < -0.3 is 4.74 Å². The van der Waals surface area contributed by atoms with Crippen LogP contribution in [-0.4, -0.2) is 34.0 Å². The van der Waals surface area contributed by atoms with Crippen LogP contribution >= 0.6 is 0 Å². The molecule has 2 N–H and O–H groups in total. The molecule has 0 spiro atoms. The number of para-hydroxylation sites is 2. The molecule has 0 saturated heterocycles. The second-order valence-corrected chi connectivity index (χ2v) is 7.78. The second-order valence-electron chi connectivity index (χ2n) is 7.78. The number of carbonyl (C=O) groups excluding carboxylic acids is 3. The number of hydrogen-bond acceptors (Lipinski definition) is 5. The molecule has 0 fully saturated rings. The van der Waals surface area contributed by atoms with Crippen LogP contribution in [0, 0.1) is 13.8 Å². The molecule has 3 aromatic carbocycles. The van der Waals surface area contributed by atoms with Gasteiger partial charge in [0.1, 0.15) is 5.75 Å². The smallest absolute Gasteiger partial charge is 0.310 e. The second kappa shape index (κ2) is 10.5. The minimum absolute atomic E-state index is 0.189. The van der Waals surface area contributed by atoms with Gasteiger partial charge in [-0.25, -0.2) is 4.68 Å². The van der Waals surface area contributed by atoms with Crippen molar-refractivity contribution in [3.8, 4) is 22.6 Å². The number of nitrogens with one attached hydrogen (secondary N) is 2. The number of ether oxygens (including phenoxy) is 1. The van der Waals surface area contributed by atoms with E-state index in [-0.39, 0.29) is 12.2 Å². The van der Waals surface area contributed by atoms with E-state index in [0.29, 0.717) is 17.1 Å². The Bertz CT molecular complexity index is 1360. The van der Waals surface area contributed by atoms with Crippen LogP contribution in [0.15, 0.2) is 84.9 Å². The Morgan fingerprint density at radius 3 is 2.17 bits per heavy atom. The zero-order valence-corrected chi connectivity index (χ0v) is 19.3. The third kappa shape index (κ3) is 5.27. The molecule has 0 saturated carbocycles. The Balaban J connectivity index is 1.36. The first-order valence-electron chi connectivity index (χ1n) is 11.0. The molecule has 1 heterocycles. The normalized spacial score (nSPS) is 10.5. The van der Waals surface area contributed by atoms with Gasteiger partial charge in [0.25, 0.3) is 11.7 Å². The molecule has 0 bridgehead atoms. The molecule has 4 rings (SSSR count). The zero-order chi connectivity index (χ0) is 24.8. The van der Waals surface area contributed by atoms with Crippen LogP contribution in [0.5, 0.6) is 5.75 Å². The van der Waals surface area contributed by atoms with Crippen molar-refractivity contribution in [2.24, 2.45) is 0 Å². The van der Waals surface area contributed by atoms with Gasteiger partial charge in [-0.1, -0.05) is 66.7 Å². The van der Waals surface area contributed by atoms with E-state index in [1.807, 2.05) is 72.8 Å². The molecule has 35 heavy (non-hydrogen) atoms. The van der Waals surface area contributed by atoms with E-state index in [0.717, 1.165) is 16.8 Å². The van der Waals surface area contributed by atoms with E-state index >= 15 is 0 Å². The number of hydrazine groups is 1. The number of Topliss-reactive ketones (excluding diaryl/α,β-unsaturated/α-hetero) is 1. The van der Waals surface area contributed by atoms with Crippen molar-refractivity contribution in [1.29, 1.82) is 0 Å². The third-order valence-electron chi connectivity index (χ3n) is 5.37. The molecule has 0 aliphatic rings. The molecule has 0 unspecified atom stereocenters. The lowest BCUT2D eigenvalue weighted by Crippen LogP contribution is -2.46. The summed E-state index contributed by atoms with van der Waals surface area (Å²) in [7, 11) is 0. The minimum Gasteiger partial charge on any atom is -0.483 e. The van der Waals surface area contributed by atoms with Crippen LogP contribution in [0.1, 0.15) is 21.7 Å². The molecular weight excluding hydrogens is 444 g/mol. The van der Waals surface area contributed by atoms with Crippen molar-refractivity contribution >= 4 is 17.6 Å². The Morgan fingerprint density at radius 2 is 1.46 bits per heavy atom. The Hall–Kier alpha value is -4.72. The van der Waals surface area contributed by atoms with Crippen LogP contribution in [0.25, 0.3) is 16.8 Å². The predicted molar refractivity (Wildman–Crippen MR) is 131 cm³/mol. The van der Waals surface area contributed by atoms with Gasteiger partial charge in [-0.05, 0) is 37.6 Å². The molecule has 8 nitrogen and oxygen atoms in total. The highest BCUT2D eigenvalue weighted by Crippen LogP contribution is 2.29. The molecule has 1 aromatic heterocycles. The molecular formula is C27H24N4O4. The quantitative estimate of drug-likeness (QED) is 0.245. The van der Waals surface area contributed by atoms with Crippen molar-refractivity contribution in [2.75, 3.05) is 6.61 Å². The van der Waals surface area contributed by atoms with Crippen molar-refractivity contribution in [3.05, 3.63) is 102 Å². The highest BCUT2D eigenvalue weighted by Gasteiger charge is 2.25. The van der Waals surface area contributed by atoms with Crippen LogP contribution in [-0.2, 0) is 9.59 Å². The van der Waals surface area contributed by atoms with Gasteiger partial charge >= 0.3 is 5.91 Å². The number of benzene rings is 3. The molecule has 0 atom stereocenters. The van der Waals surface area contributed by atoms with E-state index in [4.69, 9.17) is 4.74 Å². The van der Waals surface area contributed by atoms with E-state index < -0.39 is 17.6 Å². The summed E-state index contributed by atoms with van der Waals surface area (Å²) in [5.74, 6) is -1.85. The van der Waals surface area contributed by atoms with Gasteiger partial charge in [0, 0.05) is 5.56 Å². The third-order valence-corrected chi connectivity index (χ3v) is 5.37. The number of hydrogen-bond donors (Lipinski definition) is 2. The maximum absolute atomic E-state index is 12.8. The SMILES string of the molecule is Cc1nn(-c2ccccc2)c(C)c1C(=O)C(=O)NNC(=O)COc1ccccc1-c1ccccc1. The average Bonchev–Trinajstić information content (AvgIpc) is 3.20. The number of rotatable bonds is 7. The number of nitrogens with zero attached hydrogens (tertiary/aromatic N) is 2. The van der Waals surface area contributed by atoms with Crippen LogP contribution in [0.3, 0.4) is 0 Å². The molecule has 0 radical (unpaired) electrons. The maximum Gasteiger partial charge on any atom is 0.310 e. The Labute approximate surface area is 202 Å². The largest absolute Gasteiger partial charge is 0.483 e. The van der Waals surface area contributed by atoms with Crippen LogP contribution < -0.4 is 15.6 Å². The summed E-state index contributed by atoms with van der Waals surface area (Å²) in [6.07, 6.45) is 0. The lowest BCUT2D eigenvalue weighted by atomic mass is 10.1. The topological polar surface area (TPSA) is 102 Å². The standard InChI is InChI=1S/C27H24N4O4/c1-18-25(19(2)31(30-18)21-13-7-4-8-14-21)26(33)27(34)29-28-24(32)17-35-23-16-10-9-15-22(23)20-11-5-3-6-12-20/h3-16H,17H2,1-2H3,(H,28,32)(H,29,34). The molecule has 8 heteroatoms. The summed E-state index contributed by atoms with van der Waals surface area (Å²) in [4.78, 5) is 37.5. The first-order valence-corrected chi connectivity index (χ1v) is 11.0. The maximum atomic E-state index is 12.8. The molecule has 4 aromatic rings. The monoisotopic (exact) mass is 468 g/mol. The average molecular weight is 469 g/mol. The first-order chi connectivity index (χ1) is 17.0. The van der Waals surface area contributed by atoms with Crippen LogP contribution in [0.4, 0.5) is 0 Å². The highest BCUT2D eigenvalue weighted by atomic mass is 16.5. The van der Waals surface area contributed by atoms with Gasteiger partial charge in [0.15, 0.2) is 6.61 Å². The summed E-state index contributed by atoms with van der Waals surface area (Å²) in [6, 6.07) is 26.3. The van der Waals surface area contributed by atoms with Gasteiger partial charge in [0.05, 0.1) is 22.6 Å². The van der Waals surface area contributed by atoms with Gasteiger partial charge in [-0.15, -0.1) is 0 Å². The predicted octanol–water partition coefficient (Wildman–Crippen LogP) is 3.57. The summed E-state index contributed by atoms with van der Waals surface area (Å²) >= 11 is 0. The lowest BCUT2D eigenvalue weighted by Gasteiger charge is -2.12. The number of carbonyl (C=O) groups is 3. The van der Waals surface area contributed by atoms with Gasteiger partial charge in [0.2, 0.25) is 0 Å². The number of aryl methyl sites for hydroxylation is 1. The summed E-state index contributed by atoms with van der Waals surface area (Å²) < 4.78 is 7.26. The lowest BCUT2D eigenvalue weighted by molar-refractivity contribution is -0.128. The van der Waals surface area contributed by atoms with E-state index in [1.165, 1.54) is 0 Å². The summed E-state index contributed by atoms with van der Waals surface area (Å²) in [6.45, 7) is 3.02. The number of amides is 2. The fourth-order valence-electron chi connectivity index (χ4n) is 3.72. The van der Waals surface area contributed by atoms with E-state index in [9.17, 15) is 14.4 Å². The van der Waals surface area contributed by atoms with E-state index in [2.05, 4.69) is 16.0 Å². The first kappa shape index (κ1) is 23.4. The molecule has 0 aliphatic carbocycles. The number of aromatic nitrogens is 2. The van der Waals surface area contributed by atoms with Crippen molar-refractivity contribution < 1.29 is 19.1 Å². The van der Waals surface area contributed by atoms with Crippen molar-refractivity contribution in [1.82, 2.24) is 20.6 Å². The summed E-state index contributed by atoms with van der Waals surface area (Å²) in [5.41, 5.74) is 8.08. The summed E-state index contributed by atoms with van der Waals surface area (Å²) in [5, 5.41) is 4.38. The molecule has 2 amide bonds. The van der Waals surface area contributed by atoms with Crippen molar-refractivity contribution in [3.63, 3.8) is 0 Å². The molecule has 0 aliphatic heterocycles. The Kier molecular flexibility index (Phi) is 7.02.